The van der Waals surface area contributed by atoms with Crippen molar-refractivity contribution in [3.05, 3.63) is 77.9 Å². The Balaban J connectivity index is 0.00000341. The Morgan fingerprint density at radius 1 is 0.968 bits per heavy atom. The van der Waals surface area contributed by atoms with E-state index in [1.165, 1.54) is 16.7 Å². The van der Waals surface area contributed by atoms with Crippen LogP contribution in [0.1, 0.15) is 16.7 Å². The first-order chi connectivity index (χ1) is 14.7. The molecule has 166 valence electrons. The van der Waals surface area contributed by atoms with E-state index in [9.17, 15) is 0 Å². The van der Waals surface area contributed by atoms with Crippen LogP contribution in [-0.2, 0) is 19.5 Å². The number of rotatable bonds is 9. The lowest BCUT2D eigenvalue weighted by Crippen LogP contribution is -2.37. The maximum absolute atomic E-state index is 5.36. The number of ether oxygens (including phenoxy) is 2. The number of imidazole rings is 1. The first-order valence-corrected chi connectivity index (χ1v) is 9.91. The van der Waals surface area contributed by atoms with Gasteiger partial charge in [0.25, 0.3) is 0 Å². The molecule has 1 heterocycles. The van der Waals surface area contributed by atoms with Crippen LogP contribution >= 0.6 is 24.0 Å². The van der Waals surface area contributed by atoms with Gasteiger partial charge in [0.05, 0.1) is 20.5 Å². The zero-order valence-electron chi connectivity index (χ0n) is 18.2. The van der Waals surface area contributed by atoms with E-state index in [0.717, 1.165) is 37.0 Å². The summed E-state index contributed by atoms with van der Waals surface area (Å²) in [5.74, 6) is 2.26. The summed E-state index contributed by atoms with van der Waals surface area (Å²) in [7, 11) is 5.07. The van der Waals surface area contributed by atoms with E-state index in [2.05, 4.69) is 49.4 Å². The lowest BCUT2D eigenvalue weighted by molar-refractivity contribution is 0.354. The minimum Gasteiger partial charge on any atom is -0.493 e. The molecule has 2 N–H and O–H groups in total. The predicted octanol–water partition coefficient (Wildman–Crippen LogP) is 3.47. The van der Waals surface area contributed by atoms with Crippen molar-refractivity contribution >= 4 is 29.9 Å². The highest BCUT2D eigenvalue weighted by molar-refractivity contribution is 14.0. The van der Waals surface area contributed by atoms with Gasteiger partial charge in [-0.05, 0) is 35.2 Å². The number of hydrogen-bond acceptors (Lipinski definition) is 4. The van der Waals surface area contributed by atoms with Crippen molar-refractivity contribution in [3.8, 4) is 11.5 Å². The maximum Gasteiger partial charge on any atom is 0.191 e. The fourth-order valence-electron chi connectivity index (χ4n) is 3.12. The molecule has 0 fully saturated rings. The minimum absolute atomic E-state index is 0. The molecule has 0 saturated carbocycles. The molecule has 1 aromatic heterocycles. The molecule has 0 bridgehead atoms. The lowest BCUT2D eigenvalue weighted by Gasteiger charge is -2.13. The van der Waals surface area contributed by atoms with Crippen molar-refractivity contribution in [1.29, 1.82) is 0 Å². The standard InChI is InChI=1S/C23H29N5O2.HI/c1-24-23(26-11-10-18-8-9-21(29-2)22(14-18)30-3)27-15-19-4-6-20(7-5-19)16-28-13-12-25-17-28;/h4-9,12-14,17H,10-11,15-16H2,1-3H3,(H2,24,26,27);1H. The number of benzene rings is 2. The summed E-state index contributed by atoms with van der Waals surface area (Å²) in [6.45, 7) is 2.30. The molecule has 31 heavy (non-hydrogen) atoms. The summed E-state index contributed by atoms with van der Waals surface area (Å²) in [5, 5.41) is 6.71. The zero-order valence-corrected chi connectivity index (χ0v) is 20.5. The Morgan fingerprint density at radius 2 is 1.68 bits per heavy atom. The normalized spacial score (nSPS) is 10.9. The molecule has 0 amide bonds. The van der Waals surface area contributed by atoms with E-state index in [-0.39, 0.29) is 24.0 Å². The molecule has 0 saturated heterocycles. The van der Waals surface area contributed by atoms with Crippen LogP contribution in [0.2, 0.25) is 0 Å². The molecular formula is C23H30IN5O2. The van der Waals surface area contributed by atoms with Gasteiger partial charge in [0, 0.05) is 39.1 Å². The molecule has 3 aromatic rings. The number of halogens is 1. The van der Waals surface area contributed by atoms with Gasteiger partial charge in [0.15, 0.2) is 17.5 Å². The quantitative estimate of drug-likeness (QED) is 0.250. The van der Waals surface area contributed by atoms with Crippen LogP contribution in [0, 0.1) is 0 Å². The third-order valence-electron chi connectivity index (χ3n) is 4.78. The molecule has 0 spiro atoms. The second-order valence-electron chi connectivity index (χ2n) is 6.84. The lowest BCUT2D eigenvalue weighted by atomic mass is 10.1. The molecule has 0 unspecified atom stereocenters. The summed E-state index contributed by atoms with van der Waals surface area (Å²) in [6, 6.07) is 14.5. The second kappa shape index (κ2) is 12.8. The second-order valence-corrected chi connectivity index (χ2v) is 6.84. The average Bonchev–Trinajstić information content (AvgIpc) is 3.30. The number of hydrogen-bond donors (Lipinski definition) is 2. The van der Waals surface area contributed by atoms with E-state index in [1.54, 1.807) is 27.5 Å². The van der Waals surface area contributed by atoms with Crippen molar-refractivity contribution in [2.24, 2.45) is 4.99 Å². The monoisotopic (exact) mass is 535 g/mol. The Morgan fingerprint density at radius 3 is 2.32 bits per heavy atom. The van der Waals surface area contributed by atoms with Gasteiger partial charge in [-0.3, -0.25) is 4.99 Å². The maximum atomic E-state index is 5.36. The Hall–Kier alpha value is -2.75. The first-order valence-electron chi connectivity index (χ1n) is 9.91. The summed E-state index contributed by atoms with van der Waals surface area (Å²) >= 11 is 0. The third-order valence-corrected chi connectivity index (χ3v) is 4.78. The van der Waals surface area contributed by atoms with Gasteiger partial charge in [0.1, 0.15) is 0 Å². The summed E-state index contributed by atoms with van der Waals surface area (Å²) < 4.78 is 12.7. The molecule has 2 aromatic carbocycles. The SMILES string of the molecule is CN=C(NCCc1ccc(OC)c(OC)c1)NCc1ccc(Cn2ccnc2)cc1.I. The molecule has 8 heteroatoms. The van der Waals surface area contributed by atoms with Crippen LogP contribution in [-0.4, -0.2) is 43.3 Å². The van der Waals surface area contributed by atoms with E-state index < -0.39 is 0 Å². The number of nitrogens with zero attached hydrogens (tertiary/aromatic N) is 3. The van der Waals surface area contributed by atoms with Gasteiger partial charge in [0.2, 0.25) is 0 Å². The van der Waals surface area contributed by atoms with Gasteiger partial charge in [-0.2, -0.15) is 0 Å². The van der Waals surface area contributed by atoms with Crippen LogP contribution in [0.5, 0.6) is 11.5 Å². The molecule has 0 aliphatic carbocycles. The van der Waals surface area contributed by atoms with Gasteiger partial charge >= 0.3 is 0 Å². The molecule has 3 rings (SSSR count). The van der Waals surface area contributed by atoms with Gasteiger partial charge in [-0.15, -0.1) is 24.0 Å². The van der Waals surface area contributed by atoms with Crippen LogP contribution < -0.4 is 20.1 Å². The van der Waals surface area contributed by atoms with Crippen LogP contribution in [0.25, 0.3) is 0 Å². The van der Waals surface area contributed by atoms with Crippen LogP contribution in [0.15, 0.2) is 66.2 Å². The fraction of sp³-hybridized carbons (Fsp3) is 0.304. The molecule has 0 atom stereocenters. The molecular weight excluding hydrogens is 505 g/mol. The van der Waals surface area contributed by atoms with E-state index >= 15 is 0 Å². The van der Waals surface area contributed by atoms with Gasteiger partial charge in [-0.25, -0.2) is 4.98 Å². The molecule has 7 nitrogen and oxygen atoms in total. The number of aliphatic imine (C=N–C) groups is 1. The Bertz CT molecular complexity index is 943. The summed E-state index contributed by atoms with van der Waals surface area (Å²) in [5.41, 5.74) is 3.62. The highest BCUT2D eigenvalue weighted by atomic mass is 127. The minimum atomic E-state index is 0. The van der Waals surface area contributed by atoms with Crippen molar-refractivity contribution in [1.82, 2.24) is 20.2 Å². The van der Waals surface area contributed by atoms with E-state index in [0.29, 0.717) is 6.54 Å². The van der Waals surface area contributed by atoms with Crippen molar-refractivity contribution < 1.29 is 9.47 Å². The van der Waals surface area contributed by atoms with Gasteiger partial charge < -0.3 is 24.7 Å². The highest BCUT2D eigenvalue weighted by Crippen LogP contribution is 2.27. The number of nitrogens with one attached hydrogen (secondary N) is 2. The topological polar surface area (TPSA) is 72.7 Å². The van der Waals surface area contributed by atoms with E-state index in [4.69, 9.17) is 9.47 Å². The number of guanidine groups is 1. The molecule has 0 aliphatic heterocycles. The summed E-state index contributed by atoms with van der Waals surface area (Å²) in [4.78, 5) is 8.38. The van der Waals surface area contributed by atoms with Crippen molar-refractivity contribution in [2.45, 2.75) is 19.5 Å². The van der Waals surface area contributed by atoms with Gasteiger partial charge in [-0.1, -0.05) is 30.3 Å². The Kier molecular flexibility index (Phi) is 10.2. The first kappa shape index (κ1) is 24.5. The molecule has 0 aliphatic rings. The van der Waals surface area contributed by atoms with E-state index in [1.807, 2.05) is 30.7 Å². The highest BCUT2D eigenvalue weighted by Gasteiger charge is 2.05. The van der Waals surface area contributed by atoms with Crippen molar-refractivity contribution in [2.75, 3.05) is 27.8 Å². The number of aromatic nitrogens is 2. The van der Waals surface area contributed by atoms with Crippen LogP contribution in [0.4, 0.5) is 0 Å². The molecule has 0 radical (unpaired) electrons. The average molecular weight is 535 g/mol. The fourth-order valence-corrected chi connectivity index (χ4v) is 3.12. The zero-order chi connectivity index (χ0) is 21.2. The predicted molar refractivity (Wildman–Crippen MR) is 135 cm³/mol. The summed E-state index contributed by atoms with van der Waals surface area (Å²) in [6.07, 6.45) is 6.44. The number of methoxy groups -OCH3 is 2. The van der Waals surface area contributed by atoms with Crippen molar-refractivity contribution in [3.63, 3.8) is 0 Å². The Labute approximate surface area is 200 Å². The largest absolute Gasteiger partial charge is 0.493 e. The third kappa shape index (κ3) is 7.46. The van der Waals surface area contributed by atoms with Crippen LogP contribution in [0.3, 0.4) is 0 Å². The smallest absolute Gasteiger partial charge is 0.191 e.